The van der Waals surface area contributed by atoms with E-state index < -0.39 is 5.60 Å². The molecule has 0 bridgehead atoms. The lowest BCUT2D eigenvalue weighted by molar-refractivity contribution is -0.157. The molecule has 2 heterocycles. The van der Waals surface area contributed by atoms with Crippen LogP contribution in [-0.2, 0) is 9.53 Å². The van der Waals surface area contributed by atoms with Crippen LogP contribution >= 0.6 is 12.4 Å². The van der Waals surface area contributed by atoms with Gasteiger partial charge in [-0.3, -0.25) is 4.79 Å². The number of carbonyl (C=O) groups is 1. The Labute approximate surface area is 129 Å². The molecule has 0 aromatic rings. The number of rotatable bonds is 4. The third-order valence-electron chi connectivity index (χ3n) is 4.57. The molecule has 2 aliphatic heterocycles. The monoisotopic (exact) mass is 304 g/mol. The minimum Gasteiger partial charge on any atom is -0.368 e. The highest BCUT2D eigenvalue weighted by molar-refractivity contribution is 5.86. The lowest BCUT2D eigenvalue weighted by Crippen LogP contribution is -2.54. The Hall–Kier alpha value is -0.320. The van der Waals surface area contributed by atoms with E-state index in [1.165, 1.54) is 6.42 Å². The highest BCUT2D eigenvalue weighted by atomic mass is 35.5. The zero-order chi connectivity index (χ0) is 13.9. The molecule has 0 saturated carbocycles. The van der Waals surface area contributed by atoms with E-state index in [0.717, 1.165) is 51.4 Å². The molecule has 2 saturated heterocycles. The SMILES string of the molecule is COC1(C(=O)N2CCC(CC(C)C)C2)CCNCC1.Cl. The van der Waals surface area contributed by atoms with Crippen molar-refractivity contribution in [2.24, 2.45) is 11.8 Å². The van der Waals surface area contributed by atoms with E-state index >= 15 is 0 Å². The topological polar surface area (TPSA) is 41.6 Å². The van der Waals surface area contributed by atoms with Gasteiger partial charge in [0.15, 0.2) is 0 Å². The quantitative estimate of drug-likeness (QED) is 0.864. The summed E-state index contributed by atoms with van der Waals surface area (Å²) in [6, 6.07) is 0. The molecule has 2 rings (SSSR count). The van der Waals surface area contributed by atoms with Crippen LogP contribution in [-0.4, -0.2) is 49.7 Å². The Bertz CT molecular complexity index is 317. The van der Waals surface area contributed by atoms with Gasteiger partial charge in [0, 0.05) is 20.2 Å². The maximum absolute atomic E-state index is 12.8. The Morgan fingerprint density at radius 3 is 2.60 bits per heavy atom. The maximum atomic E-state index is 12.8. The van der Waals surface area contributed by atoms with Crippen molar-refractivity contribution in [1.82, 2.24) is 10.2 Å². The van der Waals surface area contributed by atoms with Crippen molar-refractivity contribution in [1.29, 1.82) is 0 Å². The summed E-state index contributed by atoms with van der Waals surface area (Å²) in [6.45, 7) is 8.11. The van der Waals surface area contributed by atoms with Crippen molar-refractivity contribution < 1.29 is 9.53 Å². The Morgan fingerprint density at radius 1 is 1.40 bits per heavy atom. The summed E-state index contributed by atoms with van der Waals surface area (Å²) in [4.78, 5) is 14.8. The molecular weight excluding hydrogens is 276 g/mol. The second kappa shape index (κ2) is 7.62. The van der Waals surface area contributed by atoms with Crippen molar-refractivity contribution in [3.8, 4) is 0 Å². The first kappa shape index (κ1) is 17.7. The average molecular weight is 305 g/mol. The maximum Gasteiger partial charge on any atom is 0.254 e. The Balaban J connectivity index is 0.00000200. The summed E-state index contributed by atoms with van der Waals surface area (Å²) >= 11 is 0. The van der Waals surface area contributed by atoms with Crippen molar-refractivity contribution in [2.45, 2.75) is 45.1 Å². The number of halogens is 1. The molecule has 5 heteroatoms. The average Bonchev–Trinajstić information content (AvgIpc) is 2.86. The van der Waals surface area contributed by atoms with Crippen LogP contribution in [0.3, 0.4) is 0 Å². The van der Waals surface area contributed by atoms with E-state index in [0.29, 0.717) is 5.92 Å². The van der Waals surface area contributed by atoms with Crippen LogP contribution in [0.2, 0.25) is 0 Å². The first-order valence-corrected chi connectivity index (χ1v) is 7.62. The molecule has 1 N–H and O–H groups in total. The van der Waals surface area contributed by atoms with Crippen LogP contribution in [0.15, 0.2) is 0 Å². The molecular formula is C15H29ClN2O2. The molecule has 0 aromatic carbocycles. The van der Waals surface area contributed by atoms with Crippen molar-refractivity contribution in [3.05, 3.63) is 0 Å². The number of ether oxygens (including phenoxy) is 1. The second-order valence-electron chi connectivity index (χ2n) is 6.48. The zero-order valence-corrected chi connectivity index (χ0v) is 13.8. The summed E-state index contributed by atoms with van der Waals surface area (Å²) in [5.74, 6) is 1.62. The first-order chi connectivity index (χ1) is 9.07. The summed E-state index contributed by atoms with van der Waals surface area (Å²) in [5.41, 5.74) is -0.558. The van der Waals surface area contributed by atoms with Crippen LogP contribution in [0.5, 0.6) is 0 Å². The van der Waals surface area contributed by atoms with Crippen LogP contribution < -0.4 is 5.32 Å². The van der Waals surface area contributed by atoms with Gasteiger partial charge in [-0.05, 0) is 50.6 Å². The predicted molar refractivity (Wildman–Crippen MR) is 83.2 cm³/mol. The minimum absolute atomic E-state index is 0. The third kappa shape index (κ3) is 3.86. The molecule has 0 radical (unpaired) electrons. The molecule has 118 valence electrons. The van der Waals surface area contributed by atoms with Gasteiger partial charge < -0.3 is 15.0 Å². The third-order valence-corrected chi connectivity index (χ3v) is 4.57. The van der Waals surface area contributed by atoms with Crippen molar-refractivity contribution in [2.75, 3.05) is 33.3 Å². The number of likely N-dealkylation sites (tertiary alicyclic amines) is 1. The van der Waals surface area contributed by atoms with Gasteiger partial charge in [-0.2, -0.15) is 0 Å². The number of nitrogens with one attached hydrogen (secondary N) is 1. The standard InChI is InChI=1S/C15H28N2O2.ClH/c1-12(2)10-13-4-9-17(11-13)14(18)15(19-3)5-7-16-8-6-15;/h12-13,16H,4-11H2,1-3H3;1H. The number of nitrogens with zero attached hydrogens (tertiary/aromatic N) is 1. The fourth-order valence-corrected chi connectivity index (χ4v) is 3.50. The van der Waals surface area contributed by atoms with Gasteiger partial charge in [-0.15, -0.1) is 12.4 Å². The molecule has 1 atom stereocenters. The van der Waals surface area contributed by atoms with Crippen LogP contribution in [0.4, 0.5) is 0 Å². The van der Waals surface area contributed by atoms with Gasteiger partial charge in [0.2, 0.25) is 0 Å². The van der Waals surface area contributed by atoms with Gasteiger partial charge in [0.05, 0.1) is 0 Å². The number of hydrogen-bond acceptors (Lipinski definition) is 3. The predicted octanol–water partition coefficient (Wildman–Crippen LogP) is 2.07. The highest BCUT2D eigenvalue weighted by Gasteiger charge is 2.43. The normalized spacial score (nSPS) is 25.6. The lowest BCUT2D eigenvalue weighted by Gasteiger charge is -2.37. The van der Waals surface area contributed by atoms with Gasteiger partial charge in [-0.1, -0.05) is 13.8 Å². The minimum atomic E-state index is -0.558. The van der Waals surface area contributed by atoms with Crippen molar-refractivity contribution >= 4 is 18.3 Å². The van der Waals surface area contributed by atoms with Gasteiger partial charge in [-0.25, -0.2) is 0 Å². The number of carbonyl (C=O) groups excluding carboxylic acids is 1. The van der Waals surface area contributed by atoms with Crippen molar-refractivity contribution in [3.63, 3.8) is 0 Å². The number of hydrogen-bond donors (Lipinski definition) is 1. The fourth-order valence-electron chi connectivity index (χ4n) is 3.50. The van der Waals surface area contributed by atoms with E-state index in [1.807, 2.05) is 4.90 Å². The molecule has 2 fully saturated rings. The van der Waals surface area contributed by atoms with Crippen LogP contribution in [0.1, 0.15) is 39.5 Å². The van der Waals surface area contributed by atoms with Crippen LogP contribution in [0.25, 0.3) is 0 Å². The number of methoxy groups -OCH3 is 1. The molecule has 20 heavy (non-hydrogen) atoms. The van der Waals surface area contributed by atoms with Gasteiger partial charge in [0.25, 0.3) is 5.91 Å². The summed E-state index contributed by atoms with van der Waals surface area (Å²) in [7, 11) is 1.69. The Morgan fingerprint density at radius 2 is 2.05 bits per heavy atom. The molecule has 1 amide bonds. The zero-order valence-electron chi connectivity index (χ0n) is 13.0. The molecule has 0 spiro atoms. The first-order valence-electron chi connectivity index (χ1n) is 7.62. The lowest BCUT2D eigenvalue weighted by atomic mass is 9.90. The van der Waals surface area contributed by atoms with E-state index in [2.05, 4.69) is 19.2 Å². The second-order valence-corrected chi connectivity index (χ2v) is 6.48. The smallest absolute Gasteiger partial charge is 0.254 e. The Kier molecular flexibility index (Phi) is 6.76. The summed E-state index contributed by atoms with van der Waals surface area (Å²) in [5, 5.41) is 3.30. The summed E-state index contributed by atoms with van der Waals surface area (Å²) in [6.07, 6.45) is 3.98. The molecule has 4 nitrogen and oxygen atoms in total. The van der Waals surface area contributed by atoms with E-state index in [9.17, 15) is 4.79 Å². The van der Waals surface area contributed by atoms with Crippen LogP contribution in [0, 0.1) is 11.8 Å². The molecule has 0 aliphatic carbocycles. The van der Waals surface area contributed by atoms with E-state index in [4.69, 9.17) is 4.74 Å². The largest absolute Gasteiger partial charge is 0.368 e. The van der Waals surface area contributed by atoms with Gasteiger partial charge >= 0.3 is 0 Å². The molecule has 0 aromatic heterocycles. The number of amides is 1. The highest BCUT2D eigenvalue weighted by Crippen LogP contribution is 2.30. The fraction of sp³-hybridized carbons (Fsp3) is 0.933. The molecule has 2 aliphatic rings. The van der Waals surface area contributed by atoms with E-state index in [1.54, 1.807) is 7.11 Å². The summed E-state index contributed by atoms with van der Waals surface area (Å²) < 4.78 is 5.64. The molecule has 1 unspecified atom stereocenters. The number of piperidine rings is 1. The van der Waals surface area contributed by atoms with E-state index in [-0.39, 0.29) is 18.3 Å². The van der Waals surface area contributed by atoms with Gasteiger partial charge in [0.1, 0.15) is 5.60 Å².